The average Bonchev–Trinajstić information content (AvgIpc) is 3.23. The summed E-state index contributed by atoms with van der Waals surface area (Å²) in [6.45, 7) is 4.10. The van der Waals surface area contributed by atoms with Crippen LogP contribution in [0.2, 0.25) is 0 Å². The quantitative estimate of drug-likeness (QED) is 0.719. The fraction of sp³-hybridized carbons (Fsp3) is 0.409. The van der Waals surface area contributed by atoms with E-state index in [1.165, 1.54) is 4.90 Å². The standard InChI is InChI=1S/C22H26N2O5/c1-26-18-5-2-16(3-6-18)12-22(25)23-14-19(24-8-10-27-11-9-24)17-4-7-20-21(13-17)29-15-28-20/h2-7,13,19H,8-12,14-15H2,1H3,(H,23,25)/p+1/t19-/m0/s1. The Balaban J connectivity index is 1.42. The molecule has 0 aromatic heterocycles. The molecule has 2 aliphatic heterocycles. The molecule has 154 valence electrons. The second-order valence-corrected chi connectivity index (χ2v) is 7.26. The van der Waals surface area contributed by atoms with Crippen molar-refractivity contribution in [2.24, 2.45) is 0 Å². The van der Waals surface area contributed by atoms with Crippen LogP contribution < -0.4 is 24.4 Å². The maximum Gasteiger partial charge on any atom is 0.231 e. The molecule has 29 heavy (non-hydrogen) atoms. The fourth-order valence-corrected chi connectivity index (χ4v) is 3.82. The highest BCUT2D eigenvalue weighted by Crippen LogP contribution is 2.33. The largest absolute Gasteiger partial charge is 0.497 e. The van der Waals surface area contributed by atoms with Gasteiger partial charge in [-0.05, 0) is 35.9 Å². The molecular weight excluding hydrogens is 372 g/mol. The van der Waals surface area contributed by atoms with Crippen LogP contribution in [-0.4, -0.2) is 52.7 Å². The van der Waals surface area contributed by atoms with Gasteiger partial charge in [-0.1, -0.05) is 12.1 Å². The van der Waals surface area contributed by atoms with Gasteiger partial charge in [0.05, 0.1) is 33.3 Å². The molecular formula is C22H27N2O5+. The monoisotopic (exact) mass is 399 g/mol. The van der Waals surface area contributed by atoms with Crippen molar-refractivity contribution in [1.29, 1.82) is 0 Å². The van der Waals surface area contributed by atoms with Crippen molar-refractivity contribution in [3.63, 3.8) is 0 Å². The number of ether oxygens (including phenoxy) is 4. The third kappa shape index (κ3) is 4.81. The van der Waals surface area contributed by atoms with Crippen molar-refractivity contribution in [2.75, 3.05) is 46.8 Å². The first-order valence-electron chi connectivity index (χ1n) is 9.94. The van der Waals surface area contributed by atoms with Gasteiger partial charge in [0.2, 0.25) is 12.7 Å². The van der Waals surface area contributed by atoms with Gasteiger partial charge in [0.15, 0.2) is 11.5 Å². The van der Waals surface area contributed by atoms with E-state index >= 15 is 0 Å². The van der Waals surface area contributed by atoms with Gasteiger partial charge in [-0.15, -0.1) is 0 Å². The summed E-state index contributed by atoms with van der Waals surface area (Å²) in [4.78, 5) is 14.0. The van der Waals surface area contributed by atoms with Crippen LogP contribution in [0.1, 0.15) is 17.2 Å². The van der Waals surface area contributed by atoms with E-state index in [9.17, 15) is 4.79 Å². The van der Waals surface area contributed by atoms with Crippen LogP contribution in [-0.2, 0) is 16.0 Å². The van der Waals surface area contributed by atoms with Gasteiger partial charge >= 0.3 is 0 Å². The van der Waals surface area contributed by atoms with E-state index in [1.807, 2.05) is 36.4 Å². The minimum Gasteiger partial charge on any atom is -0.497 e. The van der Waals surface area contributed by atoms with Crippen molar-refractivity contribution in [3.8, 4) is 17.2 Å². The Labute approximate surface area is 170 Å². The fourth-order valence-electron chi connectivity index (χ4n) is 3.82. The number of carbonyl (C=O) groups is 1. The molecule has 2 aromatic rings. The highest BCUT2D eigenvalue weighted by Gasteiger charge is 2.28. The Kier molecular flexibility index (Phi) is 6.17. The van der Waals surface area contributed by atoms with Gasteiger partial charge in [0.25, 0.3) is 0 Å². The van der Waals surface area contributed by atoms with E-state index in [-0.39, 0.29) is 18.7 Å². The number of rotatable bonds is 7. The summed E-state index contributed by atoms with van der Waals surface area (Å²) in [7, 11) is 1.63. The van der Waals surface area contributed by atoms with Crippen molar-refractivity contribution >= 4 is 5.91 Å². The highest BCUT2D eigenvalue weighted by molar-refractivity contribution is 5.78. The molecule has 1 atom stereocenters. The molecule has 2 aliphatic rings. The van der Waals surface area contributed by atoms with Crippen molar-refractivity contribution in [3.05, 3.63) is 53.6 Å². The predicted molar refractivity (Wildman–Crippen MR) is 107 cm³/mol. The number of hydrogen-bond acceptors (Lipinski definition) is 5. The Morgan fingerprint density at radius 3 is 2.62 bits per heavy atom. The minimum absolute atomic E-state index is 0.00793. The van der Waals surface area contributed by atoms with Gasteiger partial charge in [0.1, 0.15) is 24.9 Å². The van der Waals surface area contributed by atoms with Crippen LogP contribution in [0.5, 0.6) is 17.2 Å². The number of fused-ring (bicyclic) bond motifs is 1. The first kappa shape index (κ1) is 19.5. The molecule has 4 rings (SSSR count). The molecule has 0 saturated carbocycles. The number of carbonyl (C=O) groups excluding carboxylic acids is 1. The van der Waals surface area contributed by atoms with E-state index in [0.29, 0.717) is 13.0 Å². The van der Waals surface area contributed by atoms with Gasteiger partial charge in [-0.3, -0.25) is 4.79 Å². The lowest BCUT2D eigenvalue weighted by Crippen LogP contribution is -3.15. The molecule has 2 heterocycles. The second-order valence-electron chi connectivity index (χ2n) is 7.26. The van der Waals surface area contributed by atoms with E-state index in [0.717, 1.165) is 54.7 Å². The van der Waals surface area contributed by atoms with E-state index in [2.05, 4.69) is 11.4 Å². The number of morpholine rings is 1. The zero-order chi connectivity index (χ0) is 20.1. The molecule has 0 bridgehead atoms. The molecule has 2 N–H and O–H groups in total. The molecule has 1 amide bonds. The number of quaternary nitrogens is 1. The van der Waals surface area contributed by atoms with Gasteiger partial charge in [-0.2, -0.15) is 0 Å². The van der Waals surface area contributed by atoms with Crippen molar-refractivity contribution < 1.29 is 28.6 Å². The van der Waals surface area contributed by atoms with E-state index in [4.69, 9.17) is 18.9 Å². The summed E-state index contributed by atoms with van der Waals surface area (Å²) in [5.74, 6) is 2.33. The number of hydrogen-bond donors (Lipinski definition) is 2. The first-order chi connectivity index (χ1) is 14.2. The highest BCUT2D eigenvalue weighted by atomic mass is 16.7. The van der Waals surface area contributed by atoms with Crippen molar-refractivity contribution in [2.45, 2.75) is 12.5 Å². The summed E-state index contributed by atoms with van der Waals surface area (Å²) < 4.78 is 21.7. The molecule has 7 heteroatoms. The van der Waals surface area contributed by atoms with Crippen molar-refractivity contribution in [1.82, 2.24) is 5.32 Å². The lowest BCUT2D eigenvalue weighted by atomic mass is 10.0. The molecule has 0 spiro atoms. The number of amides is 1. The smallest absolute Gasteiger partial charge is 0.231 e. The summed E-state index contributed by atoms with van der Waals surface area (Å²) in [6, 6.07) is 13.8. The van der Waals surface area contributed by atoms with Crippen LogP contribution >= 0.6 is 0 Å². The van der Waals surface area contributed by atoms with Crippen LogP contribution in [0.3, 0.4) is 0 Å². The maximum absolute atomic E-state index is 12.6. The van der Waals surface area contributed by atoms with Crippen LogP contribution in [0, 0.1) is 0 Å². The molecule has 2 aromatic carbocycles. The maximum atomic E-state index is 12.6. The summed E-state index contributed by atoms with van der Waals surface area (Å²) >= 11 is 0. The molecule has 0 unspecified atom stereocenters. The minimum atomic E-state index is 0.00793. The van der Waals surface area contributed by atoms with Crippen LogP contribution in [0.15, 0.2) is 42.5 Å². The zero-order valence-electron chi connectivity index (χ0n) is 16.6. The molecule has 1 saturated heterocycles. The Morgan fingerprint density at radius 1 is 1.10 bits per heavy atom. The topological polar surface area (TPSA) is 70.5 Å². The van der Waals surface area contributed by atoms with Crippen LogP contribution in [0.4, 0.5) is 0 Å². The second kappa shape index (κ2) is 9.15. The molecule has 7 nitrogen and oxygen atoms in total. The van der Waals surface area contributed by atoms with Gasteiger partial charge in [0, 0.05) is 5.56 Å². The van der Waals surface area contributed by atoms with Gasteiger partial charge < -0.3 is 29.2 Å². The molecule has 1 fully saturated rings. The lowest BCUT2D eigenvalue weighted by molar-refractivity contribution is -0.937. The predicted octanol–water partition coefficient (Wildman–Crippen LogP) is 0.739. The third-order valence-corrected chi connectivity index (χ3v) is 5.45. The molecule has 0 aliphatic carbocycles. The average molecular weight is 399 g/mol. The first-order valence-corrected chi connectivity index (χ1v) is 9.94. The number of benzene rings is 2. The third-order valence-electron chi connectivity index (χ3n) is 5.45. The van der Waals surface area contributed by atoms with Gasteiger partial charge in [-0.25, -0.2) is 0 Å². The van der Waals surface area contributed by atoms with Crippen LogP contribution in [0.25, 0.3) is 0 Å². The summed E-state index contributed by atoms with van der Waals surface area (Å²) in [6.07, 6.45) is 0.344. The normalized spacial score (nSPS) is 17.0. The number of nitrogens with one attached hydrogen (secondary N) is 2. The Hall–Kier alpha value is -2.77. The SMILES string of the molecule is COc1ccc(CC(=O)NC[C@@H](c2ccc3c(c2)OCO3)[NH+]2CCOCC2)cc1. The Morgan fingerprint density at radius 2 is 1.86 bits per heavy atom. The number of methoxy groups -OCH3 is 1. The van der Waals surface area contributed by atoms with E-state index in [1.54, 1.807) is 7.11 Å². The summed E-state index contributed by atoms with van der Waals surface area (Å²) in [5, 5.41) is 3.12. The molecule has 0 radical (unpaired) electrons. The lowest BCUT2D eigenvalue weighted by Gasteiger charge is -2.32. The van der Waals surface area contributed by atoms with E-state index < -0.39 is 0 Å². The summed E-state index contributed by atoms with van der Waals surface area (Å²) in [5.41, 5.74) is 2.09. The Bertz CT molecular complexity index is 834. The zero-order valence-corrected chi connectivity index (χ0v) is 16.6.